The molecule has 25 heavy (non-hydrogen) atoms. The Hall–Kier alpha value is -2.30. The van der Waals surface area contributed by atoms with Gasteiger partial charge in [0.25, 0.3) is 0 Å². The summed E-state index contributed by atoms with van der Waals surface area (Å²) in [5.74, 6) is 0.307. The molecule has 0 fully saturated rings. The minimum Gasteiger partial charge on any atom is -0.409 e. The zero-order valence-corrected chi connectivity index (χ0v) is 15.8. The Bertz CT molecular complexity index is 913. The van der Waals surface area contributed by atoms with E-state index in [2.05, 4.69) is 21.2 Å². The second-order valence-electron chi connectivity index (χ2n) is 5.51. The van der Waals surface area contributed by atoms with Crippen LogP contribution in [0.5, 0.6) is 5.75 Å². The lowest BCUT2D eigenvalue weighted by atomic mass is 10.1. The molecule has 0 saturated carbocycles. The van der Waals surface area contributed by atoms with Crippen LogP contribution in [0.3, 0.4) is 0 Å². The maximum absolute atomic E-state index is 12.1. The summed E-state index contributed by atoms with van der Waals surface area (Å²) in [6.45, 7) is 1.97. The summed E-state index contributed by atoms with van der Waals surface area (Å²) in [5, 5.41) is 3.07. The van der Waals surface area contributed by atoms with Gasteiger partial charge >= 0.3 is 6.09 Å². The number of amides is 1. The van der Waals surface area contributed by atoms with Gasteiger partial charge in [0.15, 0.2) is 5.75 Å². The Kier molecular flexibility index (Phi) is 5.41. The predicted molar refractivity (Wildman–Crippen MR) is 105 cm³/mol. The Morgan fingerprint density at radius 1 is 1.00 bits per heavy atom. The van der Waals surface area contributed by atoms with Gasteiger partial charge in [0.2, 0.25) is 0 Å². The summed E-state index contributed by atoms with van der Waals surface area (Å²) in [6, 6.07) is 20.8. The highest BCUT2D eigenvalue weighted by molar-refractivity contribution is 9.10. The third kappa shape index (κ3) is 4.41. The number of aryl methyl sites for hydroxylation is 1. The van der Waals surface area contributed by atoms with Gasteiger partial charge in [-0.05, 0) is 63.8 Å². The molecule has 0 atom stereocenters. The molecule has 0 spiro atoms. The van der Waals surface area contributed by atoms with E-state index in [4.69, 9.17) is 16.3 Å². The van der Waals surface area contributed by atoms with Crippen molar-refractivity contribution in [2.75, 3.05) is 5.32 Å². The summed E-state index contributed by atoms with van der Waals surface area (Å²) >= 11 is 9.68. The minimum atomic E-state index is -0.598. The SMILES string of the molecule is Cc1ccc(NC(=O)Oc2ccc(-c3ccccc3)cc2Cl)c(Br)c1. The summed E-state index contributed by atoms with van der Waals surface area (Å²) in [4.78, 5) is 12.1. The Balaban J connectivity index is 1.73. The molecule has 0 aliphatic rings. The summed E-state index contributed by atoms with van der Waals surface area (Å²) < 4.78 is 6.11. The Morgan fingerprint density at radius 3 is 2.44 bits per heavy atom. The van der Waals surface area contributed by atoms with Crippen molar-refractivity contribution in [2.45, 2.75) is 6.92 Å². The number of ether oxygens (including phenoxy) is 1. The van der Waals surface area contributed by atoms with Gasteiger partial charge in [0.05, 0.1) is 10.7 Å². The molecule has 3 nitrogen and oxygen atoms in total. The van der Waals surface area contributed by atoms with Crippen LogP contribution in [0.15, 0.2) is 71.2 Å². The van der Waals surface area contributed by atoms with Gasteiger partial charge in [-0.1, -0.05) is 54.1 Å². The fourth-order valence-electron chi connectivity index (χ4n) is 2.35. The highest BCUT2D eigenvalue weighted by atomic mass is 79.9. The van der Waals surface area contributed by atoms with Gasteiger partial charge in [0.1, 0.15) is 0 Å². The standard InChI is InChI=1S/C20H15BrClNO2/c1-13-7-9-18(16(21)11-13)23-20(24)25-19-10-8-15(12-17(19)22)14-5-3-2-4-6-14/h2-12H,1H3,(H,23,24). The maximum atomic E-state index is 12.1. The smallest absolute Gasteiger partial charge is 0.409 e. The maximum Gasteiger partial charge on any atom is 0.417 e. The van der Waals surface area contributed by atoms with Crippen LogP contribution in [-0.2, 0) is 0 Å². The number of anilines is 1. The highest BCUT2D eigenvalue weighted by Gasteiger charge is 2.11. The fourth-order valence-corrected chi connectivity index (χ4v) is 3.16. The zero-order valence-electron chi connectivity index (χ0n) is 13.4. The van der Waals surface area contributed by atoms with E-state index >= 15 is 0 Å². The molecule has 3 aromatic rings. The van der Waals surface area contributed by atoms with Gasteiger partial charge in [-0.2, -0.15) is 0 Å². The van der Waals surface area contributed by atoms with E-state index in [1.54, 1.807) is 18.2 Å². The van der Waals surface area contributed by atoms with Crippen LogP contribution >= 0.6 is 27.5 Å². The fraction of sp³-hybridized carbons (Fsp3) is 0.0500. The first kappa shape index (κ1) is 17.5. The molecule has 5 heteroatoms. The number of carbonyl (C=O) groups excluding carboxylic acids is 1. The molecule has 1 N–H and O–H groups in total. The van der Waals surface area contributed by atoms with E-state index in [0.29, 0.717) is 16.5 Å². The lowest BCUT2D eigenvalue weighted by Crippen LogP contribution is -2.17. The lowest BCUT2D eigenvalue weighted by Gasteiger charge is -2.11. The third-order valence-electron chi connectivity index (χ3n) is 3.60. The van der Waals surface area contributed by atoms with E-state index in [1.165, 1.54) is 0 Å². The van der Waals surface area contributed by atoms with E-state index in [-0.39, 0.29) is 0 Å². The van der Waals surface area contributed by atoms with Crippen molar-refractivity contribution < 1.29 is 9.53 Å². The molecule has 0 saturated heterocycles. The second kappa shape index (κ2) is 7.72. The van der Waals surface area contributed by atoms with Crippen molar-refractivity contribution in [1.82, 2.24) is 0 Å². The van der Waals surface area contributed by atoms with Crippen LogP contribution in [0, 0.1) is 6.92 Å². The van der Waals surface area contributed by atoms with Crippen LogP contribution < -0.4 is 10.1 Å². The van der Waals surface area contributed by atoms with Gasteiger partial charge in [-0.25, -0.2) is 4.79 Å². The van der Waals surface area contributed by atoms with Crippen LogP contribution in [0.25, 0.3) is 11.1 Å². The minimum absolute atomic E-state index is 0.307. The first-order chi connectivity index (χ1) is 12.0. The molecule has 0 unspecified atom stereocenters. The third-order valence-corrected chi connectivity index (χ3v) is 4.55. The van der Waals surface area contributed by atoms with Crippen molar-refractivity contribution in [3.63, 3.8) is 0 Å². The summed E-state index contributed by atoms with van der Waals surface area (Å²) in [6.07, 6.45) is -0.598. The quantitative estimate of drug-likeness (QED) is 0.516. The summed E-state index contributed by atoms with van der Waals surface area (Å²) in [5.41, 5.74) is 3.72. The molecule has 0 aromatic heterocycles. The number of hydrogen-bond donors (Lipinski definition) is 1. The molecular formula is C20H15BrClNO2. The monoisotopic (exact) mass is 415 g/mol. The van der Waals surface area contributed by atoms with Crippen molar-refractivity contribution in [3.05, 3.63) is 81.8 Å². The van der Waals surface area contributed by atoms with Crippen molar-refractivity contribution in [2.24, 2.45) is 0 Å². The molecule has 0 heterocycles. The van der Waals surface area contributed by atoms with E-state index in [1.807, 2.05) is 55.5 Å². The number of halogens is 2. The first-order valence-electron chi connectivity index (χ1n) is 7.63. The molecule has 126 valence electrons. The predicted octanol–water partition coefficient (Wildman–Crippen LogP) is 6.69. The molecular weight excluding hydrogens is 402 g/mol. The second-order valence-corrected chi connectivity index (χ2v) is 6.77. The topological polar surface area (TPSA) is 38.3 Å². The summed E-state index contributed by atoms with van der Waals surface area (Å²) in [7, 11) is 0. The number of carbonyl (C=O) groups is 1. The molecule has 0 aliphatic heterocycles. The van der Waals surface area contributed by atoms with Crippen molar-refractivity contribution in [3.8, 4) is 16.9 Å². The van der Waals surface area contributed by atoms with E-state index in [9.17, 15) is 4.79 Å². The van der Waals surface area contributed by atoms with Crippen LogP contribution in [0.1, 0.15) is 5.56 Å². The van der Waals surface area contributed by atoms with E-state index in [0.717, 1.165) is 21.2 Å². The average Bonchev–Trinajstić information content (AvgIpc) is 2.60. The molecule has 1 amide bonds. The molecule has 0 aliphatic carbocycles. The van der Waals surface area contributed by atoms with Gasteiger partial charge in [0, 0.05) is 4.47 Å². The number of benzene rings is 3. The molecule has 3 aromatic carbocycles. The number of hydrogen-bond acceptors (Lipinski definition) is 2. The lowest BCUT2D eigenvalue weighted by molar-refractivity contribution is 0.215. The molecule has 0 radical (unpaired) electrons. The highest BCUT2D eigenvalue weighted by Crippen LogP contribution is 2.31. The number of rotatable bonds is 3. The normalized spacial score (nSPS) is 10.4. The van der Waals surface area contributed by atoms with E-state index < -0.39 is 6.09 Å². The van der Waals surface area contributed by atoms with Crippen LogP contribution in [0.4, 0.5) is 10.5 Å². The zero-order chi connectivity index (χ0) is 17.8. The molecule has 0 bridgehead atoms. The molecule has 3 rings (SSSR count). The average molecular weight is 417 g/mol. The van der Waals surface area contributed by atoms with Crippen LogP contribution in [-0.4, -0.2) is 6.09 Å². The van der Waals surface area contributed by atoms with Gasteiger partial charge in [-0.15, -0.1) is 0 Å². The first-order valence-corrected chi connectivity index (χ1v) is 8.80. The Morgan fingerprint density at radius 2 is 1.76 bits per heavy atom. The van der Waals surface area contributed by atoms with Crippen LogP contribution in [0.2, 0.25) is 5.02 Å². The van der Waals surface area contributed by atoms with Gasteiger partial charge < -0.3 is 4.74 Å². The number of nitrogens with one attached hydrogen (secondary N) is 1. The largest absolute Gasteiger partial charge is 0.417 e. The van der Waals surface area contributed by atoms with Crippen molar-refractivity contribution in [1.29, 1.82) is 0 Å². The van der Waals surface area contributed by atoms with Gasteiger partial charge in [-0.3, -0.25) is 5.32 Å². The van der Waals surface area contributed by atoms with Crippen molar-refractivity contribution >= 4 is 39.3 Å². The Labute approximate surface area is 159 Å².